The van der Waals surface area contributed by atoms with E-state index < -0.39 is 0 Å². The van der Waals surface area contributed by atoms with Crippen LogP contribution in [0.25, 0.3) is 11.4 Å². The molecule has 0 saturated carbocycles. The number of nitrogens with zero attached hydrogens (tertiary/aromatic N) is 5. The first kappa shape index (κ1) is 18.4. The summed E-state index contributed by atoms with van der Waals surface area (Å²) in [5.41, 5.74) is 2.75. The van der Waals surface area contributed by atoms with Crippen molar-refractivity contribution in [2.75, 3.05) is 0 Å². The number of hydrogen-bond acceptors (Lipinski definition) is 6. The van der Waals surface area contributed by atoms with E-state index in [1.54, 1.807) is 0 Å². The van der Waals surface area contributed by atoms with Gasteiger partial charge in [0.1, 0.15) is 10.0 Å². The predicted octanol–water partition coefficient (Wildman–Crippen LogP) is 5.44. The average Bonchev–Trinajstić information content (AvgIpc) is 3.27. The van der Waals surface area contributed by atoms with Gasteiger partial charge in [-0.05, 0) is 17.7 Å². The van der Waals surface area contributed by atoms with Crippen LogP contribution < -0.4 is 0 Å². The van der Waals surface area contributed by atoms with Gasteiger partial charge in [0.2, 0.25) is 0 Å². The summed E-state index contributed by atoms with van der Waals surface area (Å²) in [5.74, 6) is 1.31. The molecule has 4 aromatic rings. The summed E-state index contributed by atoms with van der Waals surface area (Å²) in [6.07, 6.45) is 0. The van der Waals surface area contributed by atoms with Gasteiger partial charge in [0.05, 0.1) is 11.6 Å². The van der Waals surface area contributed by atoms with E-state index in [-0.39, 0.29) is 0 Å². The van der Waals surface area contributed by atoms with Gasteiger partial charge in [-0.25, -0.2) is 0 Å². The van der Waals surface area contributed by atoms with E-state index in [4.69, 9.17) is 23.2 Å². The molecule has 0 amide bonds. The maximum atomic E-state index is 6.40. The molecule has 5 nitrogen and oxygen atoms in total. The summed E-state index contributed by atoms with van der Waals surface area (Å²) in [6.45, 7) is 0.639. The zero-order valence-corrected chi connectivity index (χ0v) is 17.1. The molecule has 0 aliphatic heterocycles. The van der Waals surface area contributed by atoms with Gasteiger partial charge in [-0.3, -0.25) is 4.57 Å². The van der Waals surface area contributed by atoms with Gasteiger partial charge < -0.3 is 0 Å². The van der Waals surface area contributed by atoms with E-state index in [0.29, 0.717) is 21.7 Å². The fourth-order valence-corrected chi connectivity index (χ4v) is 4.45. The van der Waals surface area contributed by atoms with Gasteiger partial charge in [-0.2, -0.15) is 0 Å². The van der Waals surface area contributed by atoms with Gasteiger partial charge in [0.25, 0.3) is 0 Å². The lowest BCUT2D eigenvalue weighted by atomic mass is 10.2. The lowest BCUT2D eigenvalue weighted by molar-refractivity contribution is 0.714. The van der Waals surface area contributed by atoms with Gasteiger partial charge in [-0.15, -0.1) is 15.3 Å². The minimum absolute atomic E-state index is 0.574. The van der Waals surface area contributed by atoms with Crippen molar-refractivity contribution in [3.63, 3.8) is 0 Å². The molecule has 0 saturated heterocycles. The third kappa shape index (κ3) is 4.16. The van der Waals surface area contributed by atoms with E-state index in [2.05, 4.69) is 36.5 Å². The molecule has 0 spiro atoms. The van der Waals surface area contributed by atoms with E-state index in [0.717, 1.165) is 27.8 Å². The Bertz CT molecular complexity index is 1050. The fraction of sp³-hybridized carbons (Fsp3) is 0.111. The Morgan fingerprint density at radius 2 is 1.70 bits per heavy atom. The minimum atomic E-state index is 0.574. The lowest BCUT2D eigenvalue weighted by Gasteiger charge is -2.11. The maximum absolute atomic E-state index is 6.40. The van der Waals surface area contributed by atoms with Gasteiger partial charge >= 0.3 is 0 Å². The second-order valence-electron chi connectivity index (χ2n) is 5.64. The highest BCUT2D eigenvalue weighted by molar-refractivity contribution is 7.98. The third-order valence-electron chi connectivity index (χ3n) is 3.86. The Labute approximate surface area is 174 Å². The Hall–Kier alpha value is -1.93. The first-order valence-electron chi connectivity index (χ1n) is 8.04. The number of halogens is 2. The van der Waals surface area contributed by atoms with Crippen molar-refractivity contribution in [3.05, 3.63) is 75.2 Å². The molecule has 136 valence electrons. The van der Waals surface area contributed by atoms with Crippen molar-refractivity contribution < 1.29 is 0 Å². The third-order valence-corrected chi connectivity index (χ3v) is 6.15. The number of hydrogen-bond donors (Lipinski definition) is 0. The van der Waals surface area contributed by atoms with Crippen LogP contribution in [-0.4, -0.2) is 24.4 Å². The van der Waals surface area contributed by atoms with Gasteiger partial charge in [-0.1, -0.05) is 81.9 Å². The lowest BCUT2D eigenvalue weighted by Crippen LogP contribution is -2.04. The number of thioether (sulfide) groups is 1. The fourth-order valence-electron chi connectivity index (χ4n) is 2.56. The quantitative estimate of drug-likeness (QED) is 0.378. The van der Waals surface area contributed by atoms with Crippen LogP contribution in [0, 0.1) is 0 Å². The monoisotopic (exact) mass is 433 g/mol. The first-order valence-corrected chi connectivity index (χ1v) is 10.6. The summed E-state index contributed by atoms with van der Waals surface area (Å²) in [6, 6.07) is 17.8. The molecule has 2 heterocycles. The molecule has 4 rings (SSSR count). The van der Waals surface area contributed by atoms with Crippen molar-refractivity contribution in [1.82, 2.24) is 24.4 Å². The summed E-state index contributed by atoms with van der Waals surface area (Å²) in [7, 11) is 0. The summed E-state index contributed by atoms with van der Waals surface area (Å²) >= 11 is 15.2. The smallest absolute Gasteiger partial charge is 0.192 e. The highest BCUT2D eigenvalue weighted by Crippen LogP contribution is 2.32. The molecule has 0 atom stereocenters. The summed E-state index contributed by atoms with van der Waals surface area (Å²) in [4.78, 5) is 0. The molecular weight excluding hydrogens is 421 g/mol. The highest BCUT2D eigenvalue weighted by Gasteiger charge is 2.18. The molecule has 27 heavy (non-hydrogen) atoms. The predicted molar refractivity (Wildman–Crippen MR) is 110 cm³/mol. The Kier molecular flexibility index (Phi) is 5.73. The second kappa shape index (κ2) is 8.39. The number of aromatic nitrogens is 5. The van der Waals surface area contributed by atoms with Gasteiger partial charge in [0.15, 0.2) is 11.0 Å². The summed E-state index contributed by atoms with van der Waals surface area (Å²) in [5, 5.41) is 14.3. The Morgan fingerprint density at radius 3 is 2.44 bits per heavy atom. The second-order valence-corrected chi connectivity index (χ2v) is 8.35. The van der Waals surface area contributed by atoms with E-state index in [9.17, 15) is 0 Å². The minimum Gasteiger partial charge on any atom is -0.297 e. The molecule has 2 aromatic heterocycles. The van der Waals surface area contributed by atoms with Gasteiger partial charge in [0, 0.05) is 22.8 Å². The average molecular weight is 434 g/mol. The van der Waals surface area contributed by atoms with E-state index in [1.165, 1.54) is 23.3 Å². The van der Waals surface area contributed by atoms with Crippen molar-refractivity contribution in [1.29, 1.82) is 0 Å². The highest BCUT2D eigenvalue weighted by atomic mass is 35.5. The Morgan fingerprint density at radius 1 is 0.926 bits per heavy atom. The molecule has 0 unspecified atom stereocenters. The molecular formula is C18H13Cl2N5S2. The zero-order chi connectivity index (χ0) is 18.6. The molecule has 9 heteroatoms. The summed E-state index contributed by atoms with van der Waals surface area (Å²) < 4.78 is 6.54. The molecule has 0 aliphatic rings. The zero-order valence-electron chi connectivity index (χ0n) is 13.9. The van der Waals surface area contributed by atoms with Crippen molar-refractivity contribution in [2.24, 2.45) is 0 Å². The maximum Gasteiger partial charge on any atom is 0.192 e. The molecule has 0 bridgehead atoms. The van der Waals surface area contributed by atoms with Crippen LogP contribution in [0.4, 0.5) is 0 Å². The molecule has 0 aliphatic carbocycles. The van der Waals surface area contributed by atoms with Crippen LogP contribution in [-0.2, 0) is 12.3 Å². The number of rotatable bonds is 6. The Balaban J connectivity index is 1.70. The van der Waals surface area contributed by atoms with E-state index in [1.807, 2.05) is 42.5 Å². The van der Waals surface area contributed by atoms with Crippen LogP contribution in [0.5, 0.6) is 0 Å². The standard InChI is InChI=1S/C18H13Cl2N5S2/c19-14-9-5-4-8-13(14)17-22-23-18(26-11-15-16(20)27-24-21-15)25(17)10-12-6-2-1-3-7-12/h1-9H,10-11H2. The van der Waals surface area contributed by atoms with Crippen LogP contribution in [0.15, 0.2) is 59.8 Å². The SMILES string of the molecule is Clc1ccccc1-c1nnc(SCc2nnsc2Cl)n1Cc1ccccc1. The van der Waals surface area contributed by atoms with Crippen molar-refractivity contribution in [3.8, 4) is 11.4 Å². The normalized spacial score (nSPS) is 11.0. The van der Waals surface area contributed by atoms with Crippen LogP contribution >= 0.6 is 46.5 Å². The van der Waals surface area contributed by atoms with Crippen LogP contribution in [0.1, 0.15) is 11.3 Å². The number of benzene rings is 2. The molecule has 0 N–H and O–H groups in total. The topological polar surface area (TPSA) is 56.5 Å². The molecule has 0 fully saturated rings. The largest absolute Gasteiger partial charge is 0.297 e. The van der Waals surface area contributed by atoms with Crippen molar-refractivity contribution >= 4 is 46.5 Å². The van der Waals surface area contributed by atoms with Crippen LogP contribution in [0.3, 0.4) is 0 Å². The molecule has 2 aromatic carbocycles. The molecule has 0 radical (unpaired) electrons. The van der Waals surface area contributed by atoms with E-state index >= 15 is 0 Å². The van der Waals surface area contributed by atoms with Crippen LogP contribution in [0.2, 0.25) is 9.36 Å². The van der Waals surface area contributed by atoms with Crippen molar-refractivity contribution in [2.45, 2.75) is 17.5 Å². The first-order chi connectivity index (χ1) is 13.2.